The first-order valence-corrected chi connectivity index (χ1v) is 3.76. The molecule has 16 heavy (non-hydrogen) atoms. The smallest absolute Gasteiger partial charge is 0.206 e. The molecule has 0 aliphatic heterocycles. The van der Waals surface area contributed by atoms with Crippen molar-refractivity contribution in [2.24, 2.45) is 5.11 Å². The molecule has 0 heterocycles. The van der Waals surface area contributed by atoms with E-state index in [1.807, 2.05) is 0 Å². The molecule has 0 unspecified atom stereocenters. The second kappa shape index (κ2) is 4.08. The van der Waals surface area contributed by atoms with Crippen molar-refractivity contribution in [3.8, 4) is 6.07 Å². The molecule has 0 atom stereocenters. The third-order valence-corrected chi connectivity index (χ3v) is 1.69. The van der Waals surface area contributed by atoms with Gasteiger partial charge in [-0.2, -0.15) is 18.4 Å². The van der Waals surface area contributed by atoms with Crippen LogP contribution < -0.4 is 0 Å². The van der Waals surface area contributed by atoms with Gasteiger partial charge < -0.3 is 0 Å². The first kappa shape index (κ1) is 11.8. The van der Waals surface area contributed by atoms with Gasteiger partial charge in [-0.1, -0.05) is 5.11 Å². The predicted molar refractivity (Wildman–Crippen MR) is 44.9 cm³/mol. The van der Waals surface area contributed by atoms with Crippen LogP contribution in [0, 0.1) is 17.1 Å². The lowest BCUT2D eigenvalue weighted by atomic mass is 10.1. The van der Waals surface area contributed by atoms with Crippen LogP contribution in [-0.2, 0) is 6.18 Å². The van der Waals surface area contributed by atoms with Crippen molar-refractivity contribution >= 4 is 5.69 Å². The van der Waals surface area contributed by atoms with E-state index in [2.05, 4.69) is 10.0 Å². The van der Waals surface area contributed by atoms with Gasteiger partial charge in [-0.3, -0.25) is 0 Å². The quantitative estimate of drug-likeness (QED) is 0.314. The second-order valence-electron chi connectivity index (χ2n) is 2.62. The van der Waals surface area contributed by atoms with E-state index in [-0.39, 0.29) is 0 Å². The zero-order chi connectivity index (χ0) is 12.3. The van der Waals surface area contributed by atoms with E-state index in [1.165, 1.54) is 6.07 Å². The van der Waals surface area contributed by atoms with Gasteiger partial charge in [-0.15, -0.1) is 0 Å². The molecular weight excluding hydrogens is 228 g/mol. The normalized spacial score (nSPS) is 10.4. The van der Waals surface area contributed by atoms with E-state index in [9.17, 15) is 17.6 Å². The van der Waals surface area contributed by atoms with Gasteiger partial charge in [0.1, 0.15) is 5.82 Å². The predicted octanol–water partition coefficient (Wildman–Crippen LogP) is 3.66. The zero-order valence-corrected chi connectivity index (χ0v) is 7.46. The Morgan fingerprint density at radius 1 is 1.38 bits per heavy atom. The number of rotatable bonds is 1. The number of azide groups is 1. The van der Waals surface area contributed by atoms with Gasteiger partial charge >= 0.3 is 6.18 Å². The van der Waals surface area contributed by atoms with Crippen LogP contribution in [0.4, 0.5) is 23.2 Å². The average molecular weight is 230 g/mol. The number of hydrogen-bond acceptors (Lipinski definition) is 2. The first-order valence-electron chi connectivity index (χ1n) is 3.76. The van der Waals surface area contributed by atoms with Crippen molar-refractivity contribution in [2.75, 3.05) is 0 Å². The van der Waals surface area contributed by atoms with E-state index in [4.69, 9.17) is 10.8 Å². The molecule has 8 heteroatoms. The molecule has 0 aromatic heterocycles. The monoisotopic (exact) mass is 230 g/mol. The summed E-state index contributed by atoms with van der Waals surface area (Å²) in [5, 5.41) is 11.2. The van der Waals surface area contributed by atoms with Crippen molar-refractivity contribution in [3.63, 3.8) is 0 Å². The molecule has 0 saturated heterocycles. The largest absolute Gasteiger partial charge is 0.419 e. The number of benzene rings is 1. The summed E-state index contributed by atoms with van der Waals surface area (Å²) in [5.41, 5.74) is 5.08. The fraction of sp³-hybridized carbons (Fsp3) is 0.125. The number of halogens is 4. The summed E-state index contributed by atoms with van der Waals surface area (Å²) in [7, 11) is 0. The first-order chi connectivity index (χ1) is 7.41. The van der Waals surface area contributed by atoms with Crippen LogP contribution in [0.3, 0.4) is 0 Å². The van der Waals surface area contributed by atoms with E-state index < -0.39 is 28.8 Å². The summed E-state index contributed by atoms with van der Waals surface area (Å²) in [4.78, 5) is 2.17. The maximum Gasteiger partial charge on any atom is 0.419 e. The highest BCUT2D eigenvalue weighted by Gasteiger charge is 2.35. The molecule has 0 spiro atoms. The Morgan fingerprint density at radius 3 is 2.44 bits per heavy atom. The number of nitrogens with zero attached hydrogens (tertiary/aromatic N) is 4. The lowest BCUT2D eigenvalue weighted by Gasteiger charge is -2.09. The van der Waals surface area contributed by atoms with E-state index in [0.717, 1.165) is 6.07 Å². The highest BCUT2D eigenvalue weighted by atomic mass is 19.4. The van der Waals surface area contributed by atoms with Crippen LogP contribution in [0.25, 0.3) is 10.4 Å². The minimum Gasteiger partial charge on any atom is -0.206 e. The van der Waals surface area contributed by atoms with Gasteiger partial charge in [0, 0.05) is 4.91 Å². The molecule has 0 amide bonds. The summed E-state index contributed by atoms with van der Waals surface area (Å²) in [6, 6.07) is 2.59. The summed E-state index contributed by atoms with van der Waals surface area (Å²) in [6.07, 6.45) is -4.90. The molecule has 0 radical (unpaired) electrons. The molecule has 0 bridgehead atoms. The van der Waals surface area contributed by atoms with Gasteiger partial charge in [0.25, 0.3) is 0 Å². The van der Waals surface area contributed by atoms with Crippen LogP contribution in [0.2, 0.25) is 0 Å². The summed E-state index contributed by atoms with van der Waals surface area (Å²) < 4.78 is 50.0. The van der Waals surface area contributed by atoms with E-state index in [1.54, 1.807) is 0 Å². The molecular formula is C8H2F4N4. The van der Waals surface area contributed by atoms with Crippen molar-refractivity contribution in [1.29, 1.82) is 5.26 Å². The zero-order valence-electron chi connectivity index (χ0n) is 7.46. The molecule has 1 rings (SSSR count). The third kappa shape index (κ3) is 2.04. The average Bonchev–Trinajstić information content (AvgIpc) is 2.19. The minimum absolute atomic E-state index is 0.421. The highest BCUT2D eigenvalue weighted by molar-refractivity contribution is 5.56. The van der Waals surface area contributed by atoms with Crippen molar-refractivity contribution in [3.05, 3.63) is 39.5 Å². The van der Waals surface area contributed by atoms with Crippen LogP contribution in [0.15, 0.2) is 17.2 Å². The lowest BCUT2D eigenvalue weighted by molar-refractivity contribution is -0.139. The van der Waals surface area contributed by atoms with Gasteiger partial charge in [0.05, 0.1) is 22.9 Å². The SMILES string of the molecule is N#Cc1ccc(C(F)(F)F)c(F)c1N=[N+]=[N-]. The maximum atomic E-state index is 13.3. The van der Waals surface area contributed by atoms with Gasteiger partial charge in [0.15, 0.2) is 0 Å². The Bertz CT molecular complexity index is 508. The molecule has 0 N–H and O–H groups in total. The van der Waals surface area contributed by atoms with Gasteiger partial charge in [-0.05, 0) is 17.7 Å². The summed E-state index contributed by atoms with van der Waals surface area (Å²) >= 11 is 0. The Hall–Kier alpha value is -2.26. The van der Waals surface area contributed by atoms with Crippen LogP contribution in [0.1, 0.15) is 11.1 Å². The minimum atomic E-state index is -4.90. The van der Waals surface area contributed by atoms with Crippen LogP contribution in [-0.4, -0.2) is 0 Å². The molecule has 0 fully saturated rings. The van der Waals surface area contributed by atoms with E-state index in [0.29, 0.717) is 6.07 Å². The van der Waals surface area contributed by atoms with Gasteiger partial charge in [-0.25, -0.2) is 4.39 Å². The number of hydrogen-bond donors (Lipinski definition) is 0. The lowest BCUT2D eigenvalue weighted by Crippen LogP contribution is -2.08. The molecule has 0 aliphatic carbocycles. The molecule has 0 aliphatic rings. The fourth-order valence-electron chi connectivity index (χ4n) is 1.02. The number of nitriles is 1. The number of alkyl halides is 3. The Morgan fingerprint density at radius 2 is 2.00 bits per heavy atom. The maximum absolute atomic E-state index is 13.3. The Labute approximate surface area is 86.3 Å². The summed E-state index contributed by atoms with van der Waals surface area (Å²) in [6.45, 7) is 0. The molecule has 1 aromatic carbocycles. The molecule has 82 valence electrons. The van der Waals surface area contributed by atoms with Crippen LogP contribution >= 0.6 is 0 Å². The molecule has 0 saturated carbocycles. The summed E-state index contributed by atoms with van der Waals surface area (Å²) in [5.74, 6) is -1.75. The van der Waals surface area contributed by atoms with Gasteiger partial charge in [0.2, 0.25) is 0 Å². The molecule has 1 aromatic rings. The molecule has 4 nitrogen and oxygen atoms in total. The Kier molecular flexibility index (Phi) is 3.01. The second-order valence-corrected chi connectivity index (χ2v) is 2.62. The van der Waals surface area contributed by atoms with Crippen LogP contribution in [0.5, 0.6) is 0 Å². The third-order valence-electron chi connectivity index (χ3n) is 1.69. The van der Waals surface area contributed by atoms with Crippen molar-refractivity contribution in [2.45, 2.75) is 6.18 Å². The standard InChI is InChI=1S/C8H2F4N4/c9-6-5(8(10,11)12)2-1-4(3-13)7(6)15-16-14/h1-2H. The fourth-order valence-corrected chi connectivity index (χ4v) is 1.02. The van der Waals surface area contributed by atoms with Crippen molar-refractivity contribution in [1.82, 2.24) is 0 Å². The van der Waals surface area contributed by atoms with E-state index >= 15 is 0 Å². The van der Waals surface area contributed by atoms with Crippen molar-refractivity contribution < 1.29 is 17.6 Å². The topological polar surface area (TPSA) is 72.5 Å². The Balaban J connectivity index is 3.57. The highest BCUT2D eigenvalue weighted by Crippen LogP contribution is 2.36.